The molecular formula is C14H25N3S. The van der Waals surface area contributed by atoms with Crippen LogP contribution in [-0.2, 0) is 7.05 Å². The minimum absolute atomic E-state index is 0.752. The van der Waals surface area contributed by atoms with Crippen LogP contribution in [0.3, 0.4) is 0 Å². The standard InChI is InChI=1S/C14H25N3S/c1-11-5-4-6-13(9-11)15-7-8-18-14-10-12(2)16-17(14)3/h10-11,13,15H,4-9H2,1-3H3. The molecule has 1 heterocycles. The zero-order valence-electron chi connectivity index (χ0n) is 11.8. The van der Waals surface area contributed by atoms with Gasteiger partial charge in [-0.1, -0.05) is 19.8 Å². The normalized spacial score (nSPS) is 24.4. The SMILES string of the molecule is Cc1cc(SCCNC2CCCC(C)C2)n(C)n1. The number of nitrogens with one attached hydrogen (secondary N) is 1. The molecule has 1 aliphatic carbocycles. The van der Waals surface area contributed by atoms with Crippen LogP contribution in [0.1, 0.15) is 38.3 Å². The number of hydrogen-bond donors (Lipinski definition) is 1. The third-order valence-corrected chi connectivity index (χ3v) is 4.77. The third kappa shape index (κ3) is 4.02. The van der Waals surface area contributed by atoms with Crippen LogP contribution in [0.25, 0.3) is 0 Å². The second-order valence-corrected chi connectivity index (χ2v) is 6.63. The predicted molar refractivity (Wildman–Crippen MR) is 78.1 cm³/mol. The quantitative estimate of drug-likeness (QED) is 0.657. The molecule has 1 aromatic heterocycles. The van der Waals surface area contributed by atoms with Gasteiger partial charge in [0.25, 0.3) is 0 Å². The van der Waals surface area contributed by atoms with Crippen molar-refractivity contribution in [1.29, 1.82) is 0 Å². The Morgan fingerprint density at radius 3 is 3.00 bits per heavy atom. The Labute approximate surface area is 115 Å². The molecule has 1 aromatic rings. The fourth-order valence-electron chi connectivity index (χ4n) is 2.76. The minimum Gasteiger partial charge on any atom is -0.313 e. The van der Waals surface area contributed by atoms with E-state index in [1.165, 1.54) is 30.7 Å². The monoisotopic (exact) mass is 267 g/mol. The van der Waals surface area contributed by atoms with E-state index < -0.39 is 0 Å². The van der Waals surface area contributed by atoms with E-state index in [-0.39, 0.29) is 0 Å². The van der Waals surface area contributed by atoms with Crippen molar-refractivity contribution in [2.24, 2.45) is 13.0 Å². The van der Waals surface area contributed by atoms with Crippen molar-refractivity contribution < 1.29 is 0 Å². The molecule has 1 fully saturated rings. The van der Waals surface area contributed by atoms with Gasteiger partial charge in [0, 0.05) is 25.4 Å². The summed E-state index contributed by atoms with van der Waals surface area (Å²) in [6, 6.07) is 2.91. The second kappa shape index (κ2) is 6.62. The molecule has 2 unspecified atom stereocenters. The highest BCUT2D eigenvalue weighted by Gasteiger charge is 2.17. The number of hydrogen-bond acceptors (Lipinski definition) is 3. The van der Waals surface area contributed by atoms with Crippen LogP contribution in [0, 0.1) is 12.8 Å². The van der Waals surface area contributed by atoms with E-state index in [0.717, 1.165) is 30.0 Å². The number of aromatic nitrogens is 2. The Kier molecular flexibility index (Phi) is 5.13. The third-order valence-electron chi connectivity index (χ3n) is 3.68. The van der Waals surface area contributed by atoms with Gasteiger partial charge in [-0.25, -0.2) is 0 Å². The Morgan fingerprint density at radius 1 is 1.50 bits per heavy atom. The van der Waals surface area contributed by atoms with Gasteiger partial charge < -0.3 is 5.32 Å². The maximum Gasteiger partial charge on any atom is 0.0939 e. The molecule has 1 aliphatic rings. The highest BCUT2D eigenvalue weighted by Crippen LogP contribution is 2.23. The first-order valence-corrected chi connectivity index (χ1v) is 8.00. The van der Waals surface area contributed by atoms with Crippen molar-refractivity contribution in [2.75, 3.05) is 12.3 Å². The van der Waals surface area contributed by atoms with E-state index in [4.69, 9.17) is 0 Å². The van der Waals surface area contributed by atoms with Gasteiger partial charge in [-0.3, -0.25) is 4.68 Å². The molecular weight excluding hydrogens is 242 g/mol. The van der Waals surface area contributed by atoms with Crippen LogP contribution in [-0.4, -0.2) is 28.1 Å². The number of aryl methyl sites for hydroxylation is 2. The molecule has 0 amide bonds. The summed E-state index contributed by atoms with van der Waals surface area (Å²) < 4.78 is 1.97. The fourth-order valence-corrected chi connectivity index (χ4v) is 3.67. The van der Waals surface area contributed by atoms with Gasteiger partial charge in [-0.05, 0) is 31.7 Å². The maximum absolute atomic E-state index is 4.37. The molecule has 2 atom stereocenters. The topological polar surface area (TPSA) is 29.9 Å². The van der Waals surface area contributed by atoms with Crippen molar-refractivity contribution in [1.82, 2.24) is 15.1 Å². The number of thioether (sulfide) groups is 1. The van der Waals surface area contributed by atoms with Gasteiger partial charge in [0.15, 0.2) is 0 Å². The van der Waals surface area contributed by atoms with E-state index in [9.17, 15) is 0 Å². The first kappa shape index (κ1) is 13.9. The summed E-state index contributed by atoms with van der Waals surface area (Å²) in [6.07, 6.45) is 5.53. The van der Waals surface area contributed by atoms with Crippen molar-refractivity contribution >= 4 is 11.8 Å². The average Bonchev–Trinajstić information content (AvgIpc) is 2.64. The highest BCUT2D eigenvalue weighted by atomic mass is 32.2. The Balaban J connectivity index is 1.65. The van der Waals surface area contributed by atoms with E-state index in [1.807, 2.05) is 30.4 Å². The van der Waals surface area contributed by atoms with Gasteiger partial charge in [-0.2, -0.15) is 5.10 Å². The summed E-state index contributed by atoms with van der Waals surface area (Å²) in [4.78, 5) is 0. The van der Waals surface area contributed by atoms with Gasteiger partial charge in [-0.15, -0.1) is 11.8 Å². The molecule has 3 nitrogen and oxygen atoms in total. The molecule has 1 saturated carbocycles. The predicted octanol–water partition coefficient (Wildman–Crippen LogP) is 2.99. The fraction of sp³-hybridized carbons (Fsp3) is 0.786. The van der Waals surface area contributed by atoms with Gasteiger partial charge in [0.05, 0.1) is 10.7 Å². The molecule has 0 saturated heterocycles. The zero-order chi connectivity index (χ0) is 13.0. The highest BCUT2D eigenvalue weighted by molar-refractivity contribution is 7.99. The van der Waals surface area contributed by atoms with E-state index in [1.54, 1.807) is 0 Å². The molecule has 0 spiro atoms. The molecule has 2 rings (SSSR count). The number of rotatable bonds is 5. The van der Waals surface area contributed by atoms with Crippen LogP contribution < -0.4 is 5.32 Å². The lowest BCUT2D eigenvalue weighted by Gasteiger charge is -2.27. The first-order valence-electron chi connectivity index (χ1n) is 7.02. The van der Waals surface area contributed by atoms with Gasteiger partial charge in [0.2, 0.25) is 0 Å². The van der Waals surface area contributed by atoms with Crippen LogP contribution in [0.15, 0.2) is 11.1 Å². The lowest BCUT2D eigenvalue weighted by atomic mass is 9.87. The summed E-state index contributed by atoms with van der Waals surface area (Å²) in [5, 5.41) is 9.33. The van der Waals surface area contributed by atoms with E-state index in [2.05, 4.69) is 23.4 Å². The average molecular weight is 267 g/mol. The Bertz CT molecular complexity index is 375. The molecule has 0 aromatic carbocycles. The van der Waals surface area contributed by atoms with E-state index in [0.29, 0.717) is 0 Å². The first-order chi connectivity index (χ1) is 8.65. The van der Waals surface area contributed by atoms with Gasteiger partial charge in [0.1, 0.15) is 0 Å². The van der Waals surface area contributed by atoms with Crippen LogP contribution in [0.2, 0.25) is 0 Å². The summed E-state index contributed by atoms with van der Waals surface area (Å²) in [7, 11) is 2.02. The Morgan fingerprint density at radius 2 is 2.33 bits per heavy atom. The van der Waals surface area contributed by atoms with Crippen LogP contribution in [0.5, 0.6) is 0 Å². The van der Waals surface area contributed by atoms with Crippen LogP contribution in [0.4, 0.5) is 0 Å². The number of nitrogens with zero attached hydrogens (tertiary/aromatic N) is 2. The van der Waals surface area contributed by atoms with Crippen molar-refractivity contribution in [3.05, 3.63) is 11.8 Å². The molecule has 4 heteroatoms. The molecule has 0 aliphatic heterocycles. The van der Waals surface area contributed by atoms with E-state index >= 15 is 0 Å². The molecule has 102 valence electrons. The molecule has 1 N–H and O–H groups in total. The molecule has 0 bridgehead atoms. The summed E-state index contributed by atoms with van der Waals surface area (Å²) in [5.74, 6) is 2.03. The maximum atomic E-state index is 4.37. The lowest BCUT2D eigenvalue weighted by Crippen LogP contribution is -2.34. The lowest BCUT2D eigenvalue weighted by molar-refractivity contribution is 0.306. The zero-order valence-corrected chi connectivity index (χ0v) is 12.6. The second-order valence-electron chi connectivity index (χ2n) is 5.52. The summed E-state index contributed by atoms with van der Waals surface area (Å²) in [5.41, 5.74) is 1.11. The Hall–Kier alpha value is -0.480. The summed E-state index contributed by atoms with van der Waals surface area (Å²) >= 11 is 1.90. The van der Waals surface area contributed by atoms with Crippen molar-refractivity contribution in [3.8, 4) is 0 Å². The van der Waals surface area contributed by atoms with Crippen molar-refractivity contribution in [2.45, 2.75) is 50.6 Å². The minimum atomic E-state index is 0.752. The summed E-state index contributed by atoms with van der Waals surface area (Å²) in [6.45, 7) is 5.53. The van der Waals surface area contributed by atoms with Crippen molar-refractivity contribution in [3.63, 3.8) is 0 Å². The molecule has 18 heavy (non-hydrogen) atoms. The molecule has 0 radical (unpaired) electrons. The smallest absolute Gasteiger partial charge is 0.0939 e. The van der Waals surface area contributed by atoms with Gasteiger partial charge >= 0.3 is 0 Å². The largest absolute Gasteiger partial charge is 0.313 e. The van der Waals surface area contributed by atoms with Crippen LogP contribution >= 0.6 is 11.8 Å².